The van der Waals surface area contributed by atoms with Crippen molar-refractivity contribution in [1.29, 1.82) is 5.26 Å². The number of halogens is 2. The van der Waals surface area contributed by atoms with Crippen molar-refractivity contribution in [1.82, 2.24) is 19.9 Å². The second-order valence-corrected chi connectivity index (χ2v) is 17.6. The minimum atomic E-state index is -4.75. The molecule has 1 fully saturated rings. The van der Waals surface area contributed by atoms with Gasteiger partial charge < -0.3 is 35.6 Å². The van der Waals surface area contributed by atoms with Gasteiger partial charge in [-0.3, -0.25) is 9.05 Å². The van der Waals surface area contributed by atoms with Crippen LogP contribution in [0.25, 0.3) is 5.52 Å². The molecule has 1 aliphatic heterocycles. The number of hydrogen-bond acceptors (Lipinski definition) is 12. The lowest BCUT2D eigenvalue weighted by molar-refractivity contribution is -0.0645. The number of nitrogens with two attached hydrogens (primary N) is 1. The van der Waals surface area contributed by atoms with Crippen LogP contribution in [-0.4, -0.2) is 86.5 Å². The van der Waals surface area contributed by atoms with Crippen LogP contribution in [0, 0.1) is 17.1 Å². The SMILES string of the molecule is CCCCCCCCCCCCCCCCCCOC[C@H](COP(=O)(O)OC[C@H]1O[C@@](C#N)(c2ccc3c(N)ncnn23)[C@H](O)[C@@H]1O)NC(C)Cc1ccc(F)c(Cl)c1. The number of benzene rings is 1. The first-order valence-corrected chi connectivity index (χ1v) is 23.2. The standard InChI is InChI=1S/C42H65ClFN6O8P/c1-3-4-5-6-7-8-9-10-11-12-13-14-15-16-17-18-23-55-26-33(49-31(2)24-32-19-20-35(44)34(43)25-32)27-56-59(53,54)57-28-37-39(51)40(52)42(29-45,58-37)38-22-21-36-41(46)47-30-48-50(36)38/h19-22,25,30-31,33,37,39-40,49,51-52H,3-18,23-24,26-28H2,1-2H3,(H,53,54)(H2,46,47,48)/t31?,33-,37-,39-,40-,42+/m1/s1. The van der Waals surface area contributed by atoms with E-state index < -0.39 is 50.2 Å². The van der Waals surface area contributed by atoms with Gasteiger partial charge in [0.1, 0.15) is 42.0 Å². The second-order valence-electron chi connectivity index (χ2n) is 15.8. The molecule has 0 saturated carbocycles. The van der Waals surface area contributed by atoms with Gasteiger partial charge in [0, 0.05) is 12.6 Å². The summed E-state index contributed by atoms with van der Waals surface area (Å²) < 4.78 is 50.6. The third kappa shape index (κ3) is 15.3. The summed E-state index contributed by atoms with van der Waals surface area (Å²) in [5.74, 6) is -0.386. The van der Waals surface area contributed by atoms with E-state index >= 15 is 0 Å². The Morgan fingerprint density at radius 2 is 1.63 bits per heavy atom. The summed E-state index contributed by atoms with van der Waals surface area (Å²) in [5, 5.41) is 39.5. The third-order valence-electron chi connectivity index (χ3n) is 10.8. The second kappa shape index (κ2) is 25.3. The third-order valence-corrected chi connectivity index (χ3v) is 12.1. The monoisotopic (exact) mass is 866 g/mol. The minimum absolute atomic E-state index is 0.0199. The number of hydrogen-bond donors (Lipinski definition) is 5. The van der Waals surface area contributed by atoms with E-state index in [-0.39, 0.29) is 35.8 Å². The summed E-state index contributed by atoms with van der Waals surface area (Å²) in [6.07, 6.45) is 17.2. The molecule has 0 bridgehead atoms. The summed E-state index contributed by atoms with van der Waals surface area (Å²) in [4.78, 5) is 14.6. The number of aromatic nitrogens is 3. The maximum absolute atomic E-state index is 13.8. The van der Waals surface area contributed by atoms with Gasteiger partial charge in [0.2, 0.25) is 5.60 Å². The summed E-state index contributed by atoms with van der Waals surface area (Å²) in [6, 6.07) is 8.71. The van der Waals surface area contributed by atoms with Crippen molar-refractivity contribution in [3.05, 3.63) is 58.8 Å². The van der Waals surface area contributed by atoms with Gasteiger partial charge in [-0.15, -0.1) is 0 Å². The number of fused-ring (bicyclic) bond motifs is 1. The number of nitrogens with zero attached hydrogens (tertiary/aromatic N) is 4. The van der Waals surface area contributed by atoms with E-state index in [9.17, 15) is 29.3 Å². The predicted octanol–water partition coefficient (Wildman–Crippen LogP) is 7.94. The highest BCUT2D eigenvalue weighted by Crippen LogP contribution is 2.46. The summed E-state index contributed by atoms with van der Waals surface area (Å²) in [6.45, 7) is 3.89. The van der Waals surface area contributed by atoms with Crippen LogP contribution in [0.1, 0.15) is 128 Å². The fourth-order valence-electron chi connectivity index (χ4n) is 7.54. The number of rotatable bonds is 30. The molecule has 59 heavy (non-hydrogen) atoms. The molecule has 14 nitrogen and oxygen atoms in total. The average molecular weight is 867 g/mol. The number of aliphatic hydroxyl groups is 2. The molecule has 3 heterocycles. The van der Waals surface area contributed by atoms with Gasteiger partial charge in [-0.1, -0.05) is 121 Å². The van der Waals surface area contributed by atoms with Crippen LogP contribution in [0.15, 0.2) is 36.7 Å². The number of nitriles is 1. The summed E-state index contributed by atoms with van der Waals surface area (Å²) in [5.41, 5.74) is 5.04. The van der Waals surface area contributed by atoms with Crippen LogP contribution in [-0.2, 0) is 35.1 Å². The molecular formula is C42H65ClFN6O8P. The molecule has 2 unspecified atom stereocenters. The molecule has 7 atom stereocenters. The molecule has 3 aromatic rings. The van der Waals surface area contributed by atoms with Crippen molar-refractivity contribution in [3.8, 4) is 6.07 Å². The largest absolute Gasteiger partial charge is 0.472 e. The van der Waals surface area contributed by atoms with Crippen LogP contribution in [0.3, 0.4) is 0 Å². The lowest BCUT2D eigenvalue weighted by Crippen LogP contribution is -2.43. The molecular weight excluding hydrogens is 802 g/mol. The van der Waals surface area contributed by atoms with E-state index in [4.69, 9.17) is 35.9 Å². The molecule has 6 N–H and O–H groups in total. The Balaban J connectivity index is 1.21. The fourth-order valence-corrected chi connectivity index (χ4v) is 8.52. The molecule has 1 aromatic carbocycles. The Bertz CT molecular complexity index is 1790. The topological polar surface area (TPSA) is 207 Å². The molecule has 0 aliphatic carbocycles. The van der Waals surface area contributed by atoms with E-state index in [1.54, 1.807) is 12.1 Å². The highest BCUT2D eigenvalue weighted by Gasteiger charge is 2.58. The molecule has 0 spiro atoms. The van der Waals surface area contributed by atoms with Gasteiger partial charge >= 0.3 is 7.82 Å². The maximum atomic E-state index is 13.8. The average Bonchev–Trinajstić information content (AvgIpc) is 3.76. The van der Waals surface area contributed by atoms with Crippen LogP contribution >= 0.6 is 19.4 Å². The fraction of sp³-hybridized carbons (Fsp3) is 0.690. The van der Waals surface area contributed by atoms with Crippen molar-refractivity contribution in [2.24, 2.45) is 0 Å². The van der Waals surface area contributed by atoms with Crippen molar-refractivity contribution in [2.45, 2.75) is 159 Å². The molecule has 4 rings (SSSR count). The number of unbranched alkanes of at least 4 members (excludes halogenated alkanes) is 15. The van der Waals surface area contributed by atoms with Gasteiger partial charge in [-0.05, 0) is 49.6 Å². The van der Waals surface area contributed by atoms with E-state index in [2.05, 4.69) is 22.3 Å². The lowest BCUT2D eigenvalue weighted by atomic mass is 9.92. The normalized spacial score (nSPS) is 21.4. The van der Waals surface area contributed by atoms with Gasteiger partial charge in [-0.25, -0.2) is 18.5 Å². The van der Waals surface area contributed by atoms with E-state index in [0.717, 1.165) is 24.8 Å². The maximum Gasteiger partial charge on any atom is 0.472 e. The van der Waals surface area contributed by atoms with E-state index in [0.29, 0.717) is 18.5 Å². The van der Waals surface area contributed by atoms with E-state index in [1.165, 1.54) is 113 Å². The Labute approximate surface area is 353 Å². The number of phosphoric acid groups is 1. The van der Waals surface area contributed by atoms with Crippen molar-refractivity contribution >= 4 is 30.8 Å². The number of anilines is 1. The number of aliphatic hydroxyl groups excluding tert-OH is 2. The smallest absolute Gasteiger partial charge is 0.387 e. The Morgan fingerprint density at radius 1 is 1.00 bits per heavy atom. The van der Waals surface area contributed by atoms with Gasteiger partial charge in [0.25, 0.3) is 0 Å². The number of ether oxygens (including phenoxy) is 2. The first-order valence-electron chi connectivity index (χ1n) is 21.3. The zero-order valence-corrected chi connectivity index (χ0v) is 36.3. The molecule has 2 aromatic heterocycles. The lowest BCUT2D eigenvalue weighted by Gasteiger charge is -2.25. The summed E-state index contributed by atoms with van der Waals surface area (Å²) in [7, 11) is -4.75. The molecule has 0 amide bonds. The number of phosphoric ester groups is 1. The highest BCUT2D eigenvalue weighted by molar-refractivity contribution is 7.47. The molecule has 1 aliphatic rings. The van der Waals surface area contributed by atoms with Gasteiger partial charge in [-0.2, -0.15) is 10.4 Å². The first kappa shape index (κ1) is 48.9. The zero-order valence-electron chi connectivity index (χ0n) is 34.7. The minimum Gasteiger partial charge on any atom is -0.387 e. The molecule has 1 saturated heterocycles. The Kier molecular flexibility index (Phi) is 20.9. The van der Waals surface area contributed by atoms with Crippen LogP contribution < -0.4 is 11.1 Å². The number of nitrogen functional groups attached to an aromatic ring is 1. The summed E-state index contributed by atoms with van der Waals surface area (Å²) >= 11 is 5.99. The van der Waals surface area contributed by atoms with Crippen molar-refractivity contribution < 1.29 is 42.6 Å². The predicted molar refractivity (Wildman–Crippen MR) is 225 cm³/mol. The van der Waals surface area contributed by atoms with Gasteiger partial charge in [0.15, 0.2) is 5.82 Å². The van der Waals surface area contributed by atoms with Crippen LogP contribution in [0.2, 0.25) is 5.02 Å². The first-order chi connectivity index (χ1) is 28.4. The van der Waals surface area contributed by atoms with Crippen molar-refractivity contribution in [3.63, 3.8) is 0 Å². The Morgan fingerprint density at radius 3 is 2.24 bits per heavy atom. The molecule has 17 heteroatoms. The Hall–Kier alpha value is -2.74. The zero-order chi connectivity index (χ0) is 42.7. The highest BCUT2D eigenvalue weighted by atomic mass is 35.5. The van der Waals surface area contributed by atoms with Gasteiger partial charge in [0.05, 0.1) is 36.6 Å². The van der Waals surface area contributed by atoms with Crippen LogP contribution in [0.5, 0.6) is 0 Å². The van der Waals surface area contributed by atoms with E-state index in [1.807, 2.05) is 13.0 Å². The molecule has 330 valence electrons. The molecule has 0 radical (unpaired) electrons. The van der Waals surface area contributed by atoms with Crippen LogP contribution in [0.4, 0.5) is 10.2 Å². The van der Waals surface area contributed by atoms with Crippen molar-refractivity contribution in [2.75, 3.05) is 32.2 Å². The quantitative estimate of drug-likeness (QED) is 0.0319. The number of nitrogens with one attached hydrogen (secondary N) is 1.